The molecule has 17 nitrogen and oxygen atoms in total. The van der Waals surface area contributed by atoms with Gasteiger partial charge in [-0.25, -0.2) is 24.3 Å². The number of rotatable bonds is 10. The molecule has 2 aromatic carbocycles. The number of carbonyl (C=O) groups excluding carboxylic acids is 5. The Morgan fingerprint density at radius 1 is 0.825 bits per heavy atom. The molecule has 0 unspecified atom stereocenters. The molecule has 3 N–H and O–H groups in total. The van der Waals surface area contributed by atoms with Gasteiger partial charge in [-0.15, -0.1) is 0 Å². The molecule has 0 bridgehead atoms. The predicted molar refractivity (Wildman–Crippen MR) is 225 cm³/mol. The van der Waals surface area contributed by atoms with Gasteiger partial charge in [0, 0.05) is 75.7 Å². The quantitative estimate of drug-likeness (QED) is 0.136. The zero-order valence-corrected chi connectivity index (χ0v) is 34.2. The number of hydrogen-bond donors (Lipinski definition) is 3. The van der Waals surface area contributed by atoms with Crippen LogP contribution in [0.2, 0.25) is 0 Å². The van der Waals surface area contributed by atoms with Gasteiger partial charge in [-0.3, -0.25) is 39.1 Å². The van der Waals surface area contributed by atoms with Crippen LogP contribution in [0.5, 0.6) is 0 Å². The Morgan fingerprint density at radius 2 is 1.57 bits per heavy atom. The maximum Gasteiger partial charge on any atom is 0.270 e. The van der Waals surface area contributed by atoms with Gasteiger partial charge in [0.1, 0.15) is 23.9 Å². The fourth-order valence-corrected chi connectivity index (χ4v) is 9.46. The van der Waals surface area contributed by atoms with Crippen LogP contribution in [0.25, 0.3) is 11.2 Å². The fraction of sp³-hybridized carbons (Fsp3) is 0.386. The summed E-state index contributed by atoms with van der Waals surface area (Å²) in [6.45, 7) is 5.77. The molecule has 3 aromatic heterocycles. The van der Waals surface area contributed by atoms with Crippen molar-refractivity contribution >= 4 is 63.6 Å². The third-order valence-electron chi connectivity index (χ3n) is 13.0. The van der Waals surface area contributed by atoms with Gasteiger partial charge in [-0.2, -0.15) is 4.39 Å². The number of nitrogens with one attached hydrogen (secondary N) is 3. The minimum Gasteiger partial charge on any atom is -0.369 e. The van der Waals surface area contributed by atoms with E-state index in [9.17, 15) is 28.4 Å². The van der Waals surface area contributed by atoms with E-state index in [4.69, 9.17) is 0 Å². The molecule has 7 heterocycles. The van der Waals surface area contributed by atoms with Crippen molar-refractivity contribution in [3.63, 3.8) is 0 Å². The van der Waals surface area contributed by atoms with Crippen LogP contribution in [0.1, 0.15) is 75.8 Å². The molecule has 63 heavy (non-hydrogen) atoms. The minimum atomic E-state index is -1.10. The number of pyridine rings is 1. The normalized spacial score (nSPS) is 22.0. The Kier molecular flexibility index (Phi) is 10.5. The molecule has 4 fully saturated rings. The molecule has 5 aromatic rings. The summed E-state index contributed by atoms with van der Waals surface area (Å²) in [7, 11) is 0. The van der Waals surface area contributed by atoms with Crippen LogP contribution in [0.15, 0.2) is 67.3 Å². The number of amides is 5. The number of aromatic nitrogens is 5. The number of imide groups is 2. The van der Waals surface area contributed by atoms with Crippen molar-refractivity contribution in [1.29, 1.82) is 0 Å². The lowest BCUT2D eigenvalue weighted by atomic mass is 9.86. The highest BCUT2D eigenvalue weighted by Gasteiger charge is 2.45. The highest BCUT2D eigenvalue weighted by molar-refractivity contribution is 6.23. The number of benzene rings is 2. The molecular weight excluding hydrogens is 815 g/mol. The Morgan fingerprint density at radius 3 is 2.30 bits per heavy atom. The number of hydrogen-bond acceptors (Lipinski definition) is 13. The zero-order chi connectivity index (χ0) is 43.4. The van der Waals surface area contributed by atoms with Gasteiger partial charge in [0.25, 0.3) is 17.7 Å². The monoisotopic (exact) mass is 858 g/mol. The van der Waals surface area contributed by atoms with E-state index < -0.39 is 47.3 Å². The summed E-state index contributed by atoms with van der Waals surface area (Å²) in [6, 6.07) is 13.9. The lowest BCUT2D eigenvalue weighted by molar-refractivity contribution is -0.136. The van der Waals surface area contributed by atoms with Gasteiger partial charge in [0.05, 0.1) is 23.1 Å². The first-order chi connectivity index (χ1) is 30.6. The van der Waals surface area contributed by atoms with Crippen molar-refractivity contribution in [2.75, 3.05) is 60.9 Å². The van der Waals surface area contributed by atoms with Crippen LogP contribution in [0.4, 0.5) is 31.7 Å². The van der Waals surface area contributed by atoms with Gasteiger partial charge >= 0.3 is 0 Å². The van der Waals surface area contributed by atoms with Crippen molar-refractivity contribution < 1.29 is 32.8 Å². The first-order valence-corrected chi connectivity index (χ1v) is 21.3. The van der Waals surface area contributed by atoms with E-state index in [2.05, 4.69) is 57.8 Å². The molecule has 1 aliphatic carbocycles. The van der Waals surface area contributed by atoms with Gasteiger partial charge in [0.2, 0.25) is 17.8 Å². The average Bonchev–Trinajstić information content (AvgIpc) is 3.80. The maximum absolute atomic E-state index is 15.5. The third kappa shape index (κ3) is 7.81. The van der Waals surface area contributed by atoms with Crippen LogP contribution >= 0.6 is 0 Å². The molecular formula is C44H44F2N12O5. The average molecular weight is 859 g/mol. The molecule has 0 spiro atoms. The van der Waals surface area contributed by atoms with Gasteiger partial charge in [-0.1, -0.05) is 6.07 Å². The number of nitrogens with zero attached hydrogens (tertiary/aromatic N) is 9. The van der Waals surface area contributed by atoms with E-state index in [0.717, 1.165) is 67.9 Å². The summed E-state index contributed by atoms with van der Waals surface area (Å²) in [5, 5.41) is 8.50. The second-order valence-corrected chi connectivity index (χ2v) is 16.9. The molecule has 1 saturated carbocycles. The first kappa shape index (κ1) is 40.2. The van der Waals surface area contributed by atoms with E-state index in [0.29, 0.717) is 48.8 Å². The third-order valence-corrected chi connectivity index (χ3v) is 13.0. The second-order valence-electron chi connectivity index (χ2n) is 16.9. The Bertz CT molecular complexity index is 2640. The molecule has 3 saturated heterocycles. The molecule has 0 radical (unpaired) electrons. The number of imidazole rings is 1. The highest BCUT2D eigenvalue weighted by atomic mass is 19.1. The van der Waals surface area contributed by atoms with Crippen molar-refractivity contribution in [2.24, 2.45) is 5.92 Å². The van der Waals surface area contributed by atoms with Gasteiger partial charge < -0.3 is 25.0 Å². The highest BCUT2D eigenvalue weighted by Crippen LogP contribution is 2.37. The molecule has 10 rings (SSSR count). The van der Waals surface area contributed by atoms with Crippen LogP contribution in [-0.4, -0.2) is 122 Å². The standard InChI is InChI=1S/C44H44F2N12O5/c45-32-20-30-31(44(63)58(43(30)62)34-8-9-37(59)53-42(34)61)21-35(32)56-12-10-25(11-13-56)22-54-14-16-55(17-15-54)28-6-4-26(5-7-28)50-39-38-40(48-23-47-39)57(24-49-38)29-18-27(19-29)51-41(60)33-2-1-3-36(46)52-33/h1-7,20-21,23-25,27,29,34H,8-19,22H2,(H,51,60)(H,47,48,50)(H,53,59,61)/t27?,29?,34-/m0/s1. The zero-order valence-electron chi connectivity index (χ0n) is 34.2. The number of piperidine rings is 2. The summed E-state index contributed by atoms with van der Waals surface area (Å²) in [5.74, 6) is -3.16. The summed E-state index contributed by atoms with van der Waals surface area (Å²) < 4.78 is 31.0. The van der Waals surface area contributed by atoms with E-state index in [1.807, 2.05) is 21.6 Å². The predicted octanol–water partition coefficient (Wildman–Crippen LogP) is 3.82. The number of carbonyl (C=O) groups is 5. The lowest BCUT2D eigenvalue weighted by Crippen LogP contribution is -2.54. The molecule has 4 aliphatic heterocycles. The molecule has 1 atom stereocenters. The largest absolute Gasteiger partial charge is 0.369 e. The summed E-state index contributed by atoms with van der Waals surface area (Å²) in [6.07, 6.45) is 6.40. The fourth-order valence-electron chi connectivity index (χ4n) is 9.46. The minimum absolute atomic E-state index is 0.0165. The Hall–Kier alpha value is -6.89. The van der Waals surface area contributed by atoms with Gasteiger partial charge in [-0.05, 0) is 86.6 Å². The number of fused-ring (bicyclic) bond motifs is 2. The first-order valence-electron chi connectivity index (χ1n) is 21.3. The van der Waals surface area contributed by atoms with E-state index in [-0.39, 0.29) is 47.4 Å². The molecule has 5 aliphatic rings. The number of anilines is 4. The van der Waals surface area contributed by atoms with E-state index >= 15 is 4.39 Å². The van der Waals surface area contributed by atoms with E-state index in [1.165, 1.54) is 30.6 Å². The van der Waals surface area contributed by atoms with Gasteiger partial charge in [0.15, 0.2) is 17.0 Å². The summed E-state index contributed by atoms with van der Waals surface area (Å²) in [4.78, 5) is 88.0. The van der Waals surface area contributed by atoms with Crippen LogP contribution in [0, 0.1) is 17.7 Å². The number of halogens is 2. The van der Waals surface area contributed by atoms with Crippen molar-refractivity contribution in [2.45, 2.75) is 56.7 Å². The molecule has 324 valence electrons. The van der Waals surface area contributed by atoms with Crippen molar-refractivity contribution in [3.05, 3.63) is 95.8 Å². The second kappa shape index (κ2) is 16.4. The molecule has 5 amide bonds. The maximum atomic E-state index is 15.5. The van der Waals surface area contributed by atoms with Crippen molar-refractivity contribution in [3.8, 4) is 0 Å². The number of piperazine rings is 1. The van der Waals surface area contributed by atoms with E-state index in [1.54, 1.807) is 6.33 Å². The lowest BCUT2D eigenvalue weighted by Gasteiger charge is -2.40. The Labute approximate surface area is 359 Å². The summed E-state index contributed by atoms with van der Waals surface area (Å²) >= 11 is 0. The van der Waals surface area contributed by atoms with Crippen LogP contribution in [0.3, 0.4) is 0 Å². The SMILES string of the molecule is O=C1CC[C@H](N2C(=O)c3cc(F)c(N4CCC(CN5CCN(c6ccc(Nc7ncnc8c7ncn8C7CC(NC(=O)c8cccc(F)n8)C7)cc6)CC5)CC4)cc3C2=O)C(=O)N1. The van der Waals surface area contributed by atoms with Crippen LogP contribution < -0.4 is 25.8 Å². The van der Waals surface area contributed by atoms with Crippen LogP contribution in [-0.2, 0) is 9.59 Å². The topological polar surface area (TPSA) is 191 Å². The molecule has 19 heteroatoms. The summed E-state index contributed by atoms with van der Waals surface area (Å²) in [5.41, 5.74) is 3.68. The Balaban J connectivity index is 0.687. The van der Waals surface area contributed by atoms with Crippen molar-refractivity contribution in [1.82, 2.24) is 44.9 Å². The smallest absolute Gasteiger partial charge is 0.270 e.